The minimum Gasteiger partial charge on any atom is -0.495 e. The maximum atomic E-state index is 12.5. The highest BCUT2D eigenvalue weighted by atomic mass is 35.5. The van der Waals surface area contributed by atoms with Gasteiger partial charge in [-0.2, -0.15) is 0 Å². The lowest BCUT2D eigenvalue weighted by Crippen LogP contribution is -2.32. The number of carbonyl (C=O) groups excluding carboxylic acids is 3. The van der Waals surface area contributed by atoms with E-state index in [0.29, 0.717) is 40.0 Å². The maximum Gasteiger partial charge on any atom is 0.337 e. The van der Waals surface area contributed by atoms with Crippen LogP contribution in [0.5, 0.6) is 11.5 Å². The molecule has 3 rings (SSSR count). The number of nitrogens with two attached hydrogens (primary N) is 1. The van der Waals surface area contributed by atoms with Gasteiger partial charge in [-0.15, -0.1) is 0 Å². The molecule has 0 saturated carbocycles. The molecule has 0 aliphatic carbocycles. The molecule has 3 aromatic carbocycles. The van der Waals surface area contributed by atoms with E-state index in [1.54, 1.807) is 36.4 Å². The maximum absolute atomic E-state index is 12.5. The van der Waals surface area contributed by atoms with Crippen LogP contribution in [0.25, 0.3) is 0 Å². The molecule has 0 aliphatic heterocycles. The number of amides is 2. The smallest absolute Gasteiger partial charge is 0.337 e. The Hall–Kier alpha value is -4.08. The second-order valence-corrected chi connectivity index (χ2v) is 8.75. The van der Waals surface area contributed by atoms with Gasteiger partial charge >= 0.3 is 12.0 Å². The molecule has 200 valence electrons. The highest BCUT2D eigenvalue weighted by molar-refractivity contribution is 6.32. The zero-order chi connectivity index (χ0) is 27.7. The summed E-state index contributed by atoms with van der Waals surface area (Å²) < 4.78 is 15.8. The molecule has 38 heavy (non-hydrogen) atoms. The van der Waals surface area contributed by atoms with Crippen molar-refractivity contribution in [3.8, 4) is 11.5 Å². The minimum absolute atomic E-state index is 0.0362. The normalized spacial score (nSPS) is 10.5. The molecule has 2 amide bonds. The lowest BCUT2D eigenvalue weighted by molar-refractivity contribution is -0.117. The number of primary amides is 1. The molecule has 0 aliphatic rings. The lowest BCUT2D eigenvalue weighted by atomic mass is 10.1. The number of urea groups is 1. The van der Waals surface area contributed by atoms with Gasteiger partial charge in [-0.3, -0.25) is 9.69 Å². The lowest BCUT2D eigenvalue weighted by Gasteiger charge is -2.24. The van der Waals surface area contributed by atoms with Crippen molar-refractivity contribution in [2.24, 2.45) is 5.73 Å². The zero-order valence-corrected chi connectivity index (χ0v) is 22.2. The fourth-order valence-electron chi connectivity index (χ4n) is 3.81. The van der Waals surface area contributed by atoms with Gasteiger partial charge in [0.25, 0.3) is 0 Å². The molecule has 9 nitrogen and oxygen atoms in total. The number of para-hydroxylation sites is 1. The third-order valence-corrected chi connectivity index (χ3v) is 5.97. The first-order valence-corrected chi connectivity index (χ1v) is 12.2. The van der Waals surface area contributed by atoms with Crippen molar-refractivity contribution in [1.29, 1.82) is 0 Å². The zero-order valence-electron chi connectivity index (χ0n) is 21.5. The number of methoxy groups -OCH3 is 2. The number of anilines is 2. The molecule has 0 unspecified atom stereocenters. The van der Waals surface area contributed by atoms with Crippen molar-refractivity contribution < 1.29 is 28.6 Å². The fraction of sp³-hybridized carbons (Fsp3) is 0.250. The number of nitrogens with zero attached hydrogens (tertiary/aromatic N) is 1. The summed E-state index contributed by atoms with van der Waals surface area (Å²) in [6, 6.07) is 16.6. The average Bonchev–Trinajstić information content (AvgIpc) is 2.90. The molecule has 3 N–H and O–H groups in total. The van der Waals surface area contributed by atoms with E-state index in [4.69, 9.17) is 26.8 Å². The number of halogens is 1. The molecule has 0 aromatic heterocycles. The Kier molecular flexibility index (Phi) is 10.1. The van der Waals surface area contributed by atoms with Crippen LogP contribution in [0.1, 0.15) is 21.5 Å². The van der Waals surface area contributed by atoms with E-state index in [0.717, 1.165) is 11.1 Å². The van der Waals surface area contributed by atoms with E-state index >= 15 is 0 Å². The summed E-state index contributed by atoms with van der Waals surface area (Å²) in [5, 5.41) is 3.33. The topological polar surface area (TPSA) is 120 Å². The number of carbonyl (C=O) groups is 3. The summed E-state index contributed by atoms with van der Waals surface area (Å²) >= 11 is 6.15. The molecule has 0 radical (unpaired) electrons. The van der Waals surface area contributed by atoms with Gasteiger partial charge in [0, 0.05) is 13.0 Å². The van der Waals surface area contributed by atoms with Crippen LogP contribution in [0.4, 0.5) is 16.2 Å². The highest BCUT2D eigenvalue weighted by Gasteiger charge is 2.21. The number of hydrogen-bond donors (Lipinski definition) is 2. The molecule has 3 aromatic rings. The van der Waals surface area contributed by atoms with Crippen LogP contribution in [0.2, 0.25) is 5.02 Å². The van der Waals surface area contributed by atoms with Gasteiger partial charge in [0.2, 0.25) is 0 Å². The van der Waals surface area contributed by atoms with Crippen LogP contribution in [0, 0.1) is 6.92 Å². The minimum atomic E-state index is -0.645. The molecular weight excluding hydrogens is 510 g/mol. The van der Waals surface area contributed by atoms with Gasteiger partial charge in [-0.25, -0.2) is 9.59 Å². The number of esters is 1. The van der Waals surface area contributed by atoms with Gasteiger partial charge in [-0.05, 0) is 54.4 Å². The Labute approximate surface area is 226 Å². The molecule has 0 bridgehead atoms. The summed E-state index contributed by atoms with van der Waals surface area (Å²) in [6.45, 7) is 2.71. The summed E-state index contributed by atoms with van der Waals surface area (Å²) in [7, 11) is 2.79. The standard InChI is InChI=1S/C28H30ClN3O6/c1-18-6-4-5-7-23(18)32(28(30)35)24-10-8-19(15-26(24)36-2)14-21(33)17-31-12-13-38-25-11-9-20(16-22(25)29)27(34)37-3/h4-11,15-16,31H,12-14,17H2,1-3H3,(H2,30,35). The Bertz CT molecular complexity index is 1310. The van der Waals surface area contributed by atoms with E-state index in [1.165, 1.54) is 25.2 Å². The predicted octanol–water partition coefficient (Wildman–Crippen LogP) is 4.44. The van der Waals surface area contributed by atoms with Crippen LogP contribution < -0.4 is 25.4 Å². The Morgan fingerprint density at radius 1 is 0.974 bits per heavy atom. The van der Waals surface area contributed by atoms with Crippen LogP contribution in [0.15, 0.2) is 60.7 Å². The van der Waals surface area contributed by atoms with Gasteiger partial charge in [-0.1, -0.05) is 35.9 Å². The van der Waals surface area contributed by atoms with E-state index in [9.17, 15) is 14.4 Å². The number of aryl methyl sites for hydroxylation is 1. The monoisotopic (exact) mass is 539 g/mol. The number of ketones is 1. The van der Waals surface area contributed by atoms with Gasteiger partial charge in [0.1, 0.15) is 18.1 Å². The second-order valence-electron chi connectivity index (χ2n) is 8.34. The molecule has 0 fully saturated rings. The SMILES string of the molecule is COC(=O)c1ccc(OCCNCC(=O)Cc2ccc(N(C(N)=O)c3ccccc3C)c(OC)c2)c(Cl)c1. The predicted molar refractivity (Wildman–Crippen MR) is 146 cm³/mol. The third kappa shape index (κ3) is 7.24. The van der Waals surface area contributed by atoms with Crippen molar-refractivity contribution in [2.75, 3.05) is 38.8 Å². The molecule has 0 heterocycles. The Balaban J connectivity index is 1.54. The van der Waals surface area contributed by atoms with Crippen molar-refractivity contribution in [3.05, 3.63) is 82.4 Å². The Morgan fingerprint density at radius 3 is 2.39 bits per heavy atom. The number of rotatable bonds is 12. The third-order valence-electron chi connectivity index (χ3n) is 5.67. The van der Waals surface area contributed by atoms with Crippen molar-refractivity contribution >= 4 is 40.8 Å². The quantitative estimate of drug-likeness (QED) is 0.258. The van der Waals surface area contributed by atoms with Crippen LogP contribution >= 0.6 is 11.6 Å². The highest BCUT2D eigenvalue weighted by Crippen LogP contribution is 2.36. The first-order valence-electron chi connectivity index (χ1n) is 11.8. The summed E-state index contributed by atoms with van der Waals surface area (Å²) in [4.78, 5) is 37.8. The first-order chi connectivity index (χ1) is 18.2. The van der Waals surface area contributed by atoms with E-state index in [2.05, 4.69) is 10.1 Å². The Morgan fingerprint density at radius 2 is 1.74 bits per heavy atom. The number of hydrogen-bond acceptors (Lipinski definition) is 7. The van der Waals surface area contributed by atoms with Gasteiger partial charge in [0.15, 0.2) is 5.78 Å². The summed E-state index contributed by atoms with van der Waals surface area (Å²) in [6.07, 6.45) is 0.173. The van der Waals surface area contributed by atoms with E-state index in [1.807, 2.05) is 25.1 Å². The number of nitrogens with one attached hydrogen (secondary N) is 1. The summed E-state index contributed by atoms with van der Waals surface area (Å²) in [5.41, 5.74) is 8.77. The number of benzene rings is 3. The molecular formula is C28H30ClN3O6. The van der Waals surface area contributed by atoms with Crippen LogP contribution in [0.3, 0.4) is 0 Å². The van der Waals surface area contributed by atoms with Crippen LogP contribution in [-0.4, -0.2) is 51.7 Å². The largest absolute Gasteiger partial charge is 0.495 e. The van der Waals surface area contributed by atoms with Crippen molar-refractivity contribution in [3.63, 3.8) is 0 Å². The second kappa shape index (κ2) is 13.5. The van der Waals surface area contributed by atoms with E-state index in [-0.39, 0.29) is 25.4 Å². The molecule has 0 saturated heterocycles. The molecule has 10 heteroatoms. The first kappa shape index (κ1) is 28.5. The average molecular weight is 540 g/mol. The van der Waals surface area contributed by atoms with E-state index < -0.39 is 12.0 Å². The van der Waals surface area contributed by atoms with Crippen molar-refractivity contribution in [1.82, 2.24) is 5.32 Å². The van der Waals surface area contributed by atoms with Crippen LogP contribution in [-0.2, 0) is 16.0 Å². The van der Waals surface area contributed by atoms with Gasteiger partial charge in [0.05, 0.1) is 42.7 Å². The fourth-order valence-corrected chi connectivity index (χ4v) is 4.05. The summed E-state index contributed by atoms with van der Waals surface area (Å²) in [5.74, 6) is 0.331. The number of Topliss-reactive ketones (excluding diaryl/α,β-unsaturated/α-hetero) is 1. The van der Waals surface area contributed by atoms with Crippen molar-refractivity contribution in [2.45, 2.75) is 13.3 Å². The molecule has 0 spiro atoms. The van der Waals surface area contributed by atoms with Gasteiger partial charge < -0.3 is 25.3 Å². The number of ether oxygens (including phenoxy) is 3. The molecule has 0 atom stereocenters.